The fourth-order valence-electron chi connectivity index (χ4n) is 5.21. The topological polar surface area (TPSA) is 90.2 Å². The first-order chi connectivity index (χ1) is 15.9. The monoisotopic (exact) mass is 447 g/mol. The van der Waals surface area contributed by atoms with Gasteiger partial charge < -0.3 is 20.9 Å². The van der Waals surface area contributed by atoms with Crippen molar-refractivity contribution >= 4 is 11.7 Å². The number of halogens is 1. The molecule has 7 heteroatoms. The summed E-state index contributed by atoms with van der Waals surface area (Å²) in [5.74, 6) is 0.928. The van der Waals surface area contributed by atoms with Gasteiger partial charge in [-0.25, -0.2) is 9.37 Å². The molecular weight excluding hydrogens is 417 g/mol. The fourth-order valence-corrected chi connectivity index (χ4v) is 5.21. The minimum Gasteiger partial charge on any atom is -0.383 e. The molecule has 1 unspecified atom stereocenters. The quantitative estimate of drug-likeness (QED) is 0.630. The Bertz CT molecular complexity index is 1160. The van der Waals surface area contributed by atoms with Crippen molar-refractivity contribution in [2.75, 3.05) is 12.3 Å². The van der Waals surface area contributed by atoms with Crippen molar-refractivity contribution in [1.29, 1.82) is 0 Å². The Hall–Kier alpha value is -3.19. The van der Waals surface area contributed by atoms with Gasteiger partial charge in [0.2, 0.25) is 5.91 Å². The lowest BCUT2D eigenvalue weighted by molar-refractivity contribution is -0.140. The molecule has 0 radical (unpaired) electrons. The van der Waals surface area contributed by atoms with Crippen molar-refractivity contribution in [3.8, 4) is 11.3 Å². The van der Waals surface area contributed by atoms with E-state index in [1.54, 1.807) is 12.1 Å². The summed E-state index contributed by atoms with van der Waals surface area (Å²) in [4.78, 5) is 20.3. The van der Waals surface area contributed by atoms with Crippen LogP contribution in [-0.4, -0.2) is 32.4 Å². The number of fused-ring (bicyclic) bond motifs is 1. The van der Waals surface area contributed by atoms with Crippen LogP contribution in [0, 0.1) is 12.7 Å². The summed E-state index contributed by atoms with van der Waals surface area (Å²) < 4.78 is 15.5. The minimum atomic E-state index is -0.809. The maximum Gasteiger partial charge on any atom is 0.243 e. The molecule has 3 aromatic rings. The molecule has 2 aliphatic rings. The number of nitrogens with two attached hydrogens (primary N) is 2. The minimum absolute atomic E-state index is 0.00420. The molecule has 0 saturated heterocycles. The van der Waals surface area contributed by atoms with E-state index in [2.05, 4.69) is 24.3 Å². The second-order valence-electron chi connectivity index (χ2n) is 9.47. The molecule has 172 valence electrons. The Morgan fingerprint density at radius 2 is 1.73 bits per heavy atom. The standard InChI is InChI=1S/C26H30FN5O/c1-17-5-7-18(8-6-17)21-15-31(25(33)26(29)13-3-2-4-14-26)16-22-30-23(24(28)32(21)22)19-9-11-20(27)12-10-19/h5-12,21H,2-4,13-16,28-29H2,1H3. The smallest absolute Gasteiger partial charge is 0.243 e. The van der Waals surface area contributed by atoms with Gasteiger partial charge in [-0.1, -0.05) is 49.1 Å². The van der Waals surface area contributed by atoms with E-state index in [4.69, 9.17) is 16.5 Å². The fraction of sp³-hybridized carbons (Fsp3) is 0.385. The number of nitrogens with zero attached hydrogens (tertiary/aromatic N) is 3. The first-order valence-electron chi connectivity index (χ1n) is 11.6. The summed E-state index contributed by atoms with van der Waals surface area (Å²) in [6.07, 6.45) is 4.52. The van der Waals surface area contributed by atoms with Crippen LogP contribution in [0.5, 0.6) is 0 Å². The van der Waals surface area contributed by atoms with Crippen LogP contribution in [0.4, 0.5) is 10.2 Å². The van der Waals surface area contributed by atoms with E-state index in [0.29, 0.717) is 24.6 Å². The van der Waals surface area contributed by atoms with Crippen LogP contribution in [0.2, 0.25) is 0 Å². The van der Waals surface area contributed by atoms with Crippen molar-refractivity contribution in [2.24, 2.45) is 5.73 Å². The van der Waals surface area contributed by atoms with E-state index in [1.165, 1.54) is 12.1 Å². The first kappa shape index (κ1) is 21.6. The van der Waals surface area contributed by atoms with Gasteiger partial charge in [-0.15, -0.1) is 0 Å². The highest BCUT2D eigenvalue weighted by atomic mass is 19.1. The predicted octanol–water partition coefficient (Wildman–Crippen LogP) is 4.17. The molecule has 1 fully saturated rings. The molecule has 5 rings (SSSR count). The number of amides is 1. The Labute approximate surface area is 193 Å². The molecule has 1 amide bonds. The second-order valence-corrected chi connectivity index (χ2v) is 9.47. The highest BCUT2D eigenvalue weighted by Crippen LogP contribution is 2.37. The van der Waals surface area contributed by atoms with Gasteiger partial charge in [-0.05, 0) is 49.6 Å². The SMILES string of the molecule is Cc1ccc(C2CN(C(=O)C3(N)CCCCC3)Cc3nc(-c4ccc(F)cc4)c(N)n32)cc1. The van der Waals surface area contributed by atoms with E-state index >= 15 is 0 Å². The largest absolute Gasteiger partial charge is 0.383 e. The highest BCUT2D eigenvalue weighted by molar-refractivity contribution is 5.86. The Kier molecular flexibility index (Phi) is 5.44. The van der Waals surface area contributed by atoms with Crippen LogP contribution < -0.4 is 11.5 Å². The van der Waals surface area contributed by atoms with Crippen molar-refractivity contribution in [3.63, 3.8) is 0 Å². The van der Waals surface area contributed by atoms with Crippen LogP contribution in [0.1, 0.15) is 55.1 Å². The van der Waals surface area contributed by atoms with E-state index in [0.717, 1.165) is 54.6 Å². The third kappa shape index (κ3) is 3.91. The number of aryl methyl sites for hydroxylation is 1. The number of carbonyl (C=O) groups excluding carboxylic acids is 1. The van der Waals surface area contributed by atoms with Crippen molar-refractivity contribution < 1.29 is 9.18 Å². The Morgan fingerprint density at radius 3 is 2.39 bits per heavy atom. The number of aromatic nitrogens is 2. The molecule has 0 spiro atoms. The average Bonchev–Trinajstić information content (AvgIpc) is 3.16. The third-order valence-corrected chi connectivity index (χ3v) is 7.10. The van der Waals surface area contributed by atoms with Gasteiger partial charge in [0, 0.05) is 12.1 Å². The lowest BCUT2D eigenvalue weighted by Gasteiger charge is -2.41. The van der Waals surface area contributed by atoms with Gasteiger partial charge in [-0.3, -0.25) is 4.79 Å². The summed E-state index contributed by atoms with van der Waals surface area (Å²) in [5, 5.41) is 0. The number of carbonyl (C=O) groups is 1. The van der Waals surface area contributed by atoms with Gasteiger partial charge in [0.05, 0.1) is 18.1 Å². The number of anilines is 1. The Balaban J connectivity index is 1.57. The zero-order valence-corrected chi connectivity index (χ0v) is 18.9. The zero-order valence-electron chi connectivity index (χ0n) is 18.9. The average molecular weight is 448 g/mol. The number of benzene rings is 2. The summed E-state index contributed by atoms with van der Waals surface area (Å²) in [5.41, 5.74) is 16.0. The first-order valence-corrected chi connectivity index (χ1v) is 11.6. The molecule has 33 heavy (non-hydrogen) atoms. The highest BCUT2D eigenvalue weighted by Gasteiger charge is 2.42. The summed E-state index contributed by atoms with van der Waals surface area (Å²) in [6.45, 7) is 2.88. The molecule has 1 aliphatic carbocycles. The maximum absolute atomic E-state index is 13.6. The molecule has 2 heterocycles. The van der Waals surface area contributed by atoms with Crippen LogP contribution in [-0.2, 0) is 11.3 Å². The number of hydrogen-bond acceptors (Lipinski definition) is 4. The van der Waals surface area contributed by atoms with Crippen molar-refractivity contribution in [1.82, 2.24) is 14.5 Å². The van der Waals surface area contributed by atoms with Gasteiger partial charge >= 0.3 is 0 Å². The van der Waals surface area contributed by atoms with Gasteiger partial charge in [0.15, 0.2) is 0 Å². The molecule has 6 nitrogen and oxygen atoms in total. The summed E-state index contributed by atoms with van der Waals surface area (Å²) in [6, 6.07) is 14.3. The van der Waals surface area contributed by atoms with Crippen LogP contribution in [0.15, 0.2) is 48.5 Å². The molecule has 1 aliphatic heterocycles. The second kappa shape index (κ2) is 8.30. The van der Waals surface area contributed by atoms with Crippen LogP contribution in [0.3, 0.4) is 0 Å². The predicted molar refractivity (Wildman–Crippen MR) is 127 cm³/mol. The molecule has 2 aromatic carbocycles. The summed E-state index contributed by atoms with van der Waals surface area (Å²) in [7, 11) is 0. The van der Waals surface area contributed by atoms with Crippen LogP contribution in [0.25, 0.3) is 11.3 Å². The molecule has 4 N–H and O–H groups in total. The van der Waals surface area contributed by atoms with Crippen molar-refractivity contribution in [3.05, 3.63) is 71.3 Å². The van der Waals surface area contributed by atoms with Crippen molar-refractivity contribution in [2.45, 2.75) is 57.2 Å². The number of hydrogen-bond donors (Lipinski definition) is 2. The molecule has 1 atom stereocenters. The summed E-state index contributed by atoms with van der Waals surface area (Å²) >= 11 is 0. The molecule has 1 saturated carbocycles. The number of nitrogen functional groups attached to an aromatic ring is 1. The molecule has 1 aromatic heterocycles. The Morgan fingerprint density at radius 1 is 1.06 bits per heavy atom. The van der Waals surface area contributed by atoms with Gasteiger partial charge in [-0.2, -0.15) is 0 Å². The molecule has 0 bridgehead atoms. The third-order valence-electron chi connectivity index (χ3n) is 7.10. The van der Waals surface area contributed by atoms with Crippen LogP contribution >= 0.6 is 0 Å². The maximum atomic E-state index is 13.6. The van der Waals surface area contributed by atoms with E-state index in [1.807, 2.05) is 16.4 Å². The lowest BCUT2D eigenvalue weighted by atomic mass is 9.81. The number of imidazole rings is 1. The normalized spacial score (nSPS) is 19.8. The molecular formula is C26H30FN5O. The number of rotatable bonds is 3. The zero-order chi connectivity index (χ0) is 23.2. The van der Waals surface area contributed by atoms with E-state index in [-0.39, 0.29) is 17.8 Å². The van der Waals surface area contributed by atoms with E-state index < -0.39 is 5.54 Å². The van der Waals surface area contributed by atoms with Gasteiger partial charge in [0.25, 0.3) is 0 Å². The van der Waals surface area contributed by atoms with Gasteiger partial charge in [0.1, 0.15) is 23.2 Å². The van der Waals surface area contributed by atoms with E-state index in [9.17, 15) is 9.18 Å². The lowest BCUT2D eigenvalue weighted by Crippen LogP contribution is -2.58.